The molecule has 5 nitrogen and oxygen atoms in total. The van der Waals surface area contributed by atoms with Crippen LogP contribution >= 0.6 is 11.6 Å². The summed E-state index contributed by atoms with van der Waals surface area (Å²) < 4.78 is 24.0. The number of amides is 1. The molecule has 0 aliphatic heterocycles. The molecule has 1 N–H and O–H groups in total. The number of carbonyl (C=O) groups excluding carboxylic acids is 2. The smallest absolute Gasteiger partial charge is 0.344 e. The Labute approximate surface area is 162 Å². The van der Waals surface area contributed by atoms with Crippen LogP contribution in [0.25, 0.3) is 0 Å². The van der Waals surface area contributed by atoms with Gasteiger partial charge in [0.15, 0.2) is 13.2 Å². The van der Waals surface area contributed by atoms with Crippen LogP contribution in [0.3, 0.4) is 0 Å². The molecular formula is C20H21ClFNO4. The number of carbonyl (C=O) groups is 2. The maximum absolute atomic E-state index is 13.6. The Bertz CT molecular complexity index is 833. The van der Waals surface area contributed by atoms with Crippen molar-refractivity contribution in [1.29, 1.82) is 0 Å². The molecule has 7 heteroatoms. The summed E-state index contributed by atoms with van der Waals surface area (Å²) in [4.78, 5) is 23.6. The van der Waals surface area contributed by atoms with E-state index in [4.69, 9.17) is 21.1 Å². The van der Waals surface area contributed by atoms with Gasteiger partial charge in [-0.05, 0) is 35.2 Å². The summed E-state index contributed by atoms with van der Waals surface area (Å²) in [5, 5.41) is 2.57. The van der Waals surface area contributed by atoms with E-state index in [2.05, 4.69) is 5.32 Å². The van der Waals surface area contributed by atoms with Gasteiger partial charge in [0.05, 0.1) is 5.69 Å². The highest BCUT2D eigenvalue weighted by atomic mass is 35.5. The minimum Gasteiger partial charge on any atom is -0.482 e. The first-order valence-electron chi connectivity index (χ1n) is 8.29. The zero-order valence-electron chi connectivity index (χ0n) is 15.3. The molecule has 0 radical (unpaired) electrons. The minimum absolute atomic E-state index is 0.0843. The minimum atomic E-state index is -0.708. The number of benzene rings is 2. The lowest BCUT2D eigenvalue weighted by molar-refractivity contribution is -0.149. The molecule has 0 saturated carbocycles. The number of anilines is 1. The molecule has 1 amide bonds. The quantitative estimate of drug-likeness (QED) is 0.741. The van der Waals surface area contributed by atoms with E-state index in [1.54, 1.807) is 6.07 Å². The van der Waals surface area contributed by atoms with E-state index in [0.717, 1.165) is 11.6 Å². The lowest BCUT2D eigenvalue weighted by Gasteiger charge is -2.22. The van der Waals surface area contributed by atoms with Crippen molar-refractivity contribution >= 4 is 29.2 Å². The molecule has 2 aromatic carbocycles. The molecule has 0 aliphatic rings. The Balaban J connectivity index is 1.85. The molecule has 0 aromatic heterocycles. The zero-order valence-corrected chi connectivity index (χ0v) is 16.1. The van der Waals surface area contributed by atoms with Crippen LogP contribution in [0.1, 0.15) is 26.3 Å². The summed E-state index contributed by atoms with van der Waals surface area (Å²) in [6.45, 7) is 5.20. The number of para-hydroxylation sites is 1. The first-order valence-corrected chi connectivity index (χ1v) is 8.67. The molecule has 0 heterocycles. The Morgan fingerprint density at radius 3 is 2.52 bits per heavy atom. The molecule has 2 aromatic rings. The van der Waals surface area contributed by atoms with Crippen LogP contribution in [0.2, 0.25) is 5.02 Å². The molecule has 0 saturated heterocycles. The fraction of sp³-hybridized carbons (Fsp3) is 0.300. The summed E-state index contributed by atoms with van der Waals surface area (Å²) in [6.07, 6.45) is 0. The third-order valence-corrected chi connectivity index (χ3v) is 3.84. The van der Waals surface area contributed by atoms with Gasteiger partial charge in [-0.15, -0.1) is 0 Å². The fourth-order valence-electron chi connectivity index (χ4n) is 2.32. The van der Waals surface area contributed by atoms with Gasteiger partial charge in [-0.1, -0.05) is 50.6 Å². The van der Waals surface area contributed by atoms with Crippen LogP contribution in [0.5, 0.6) is 5.75 Å². The molecule has 144 valence electrons. The van der Waals surface area contributed by atoms with E-state index in [-0.39, 0.29) is 22.7 Å². The van der Waals surface area contributed by atoms with Crippen LogP contribution < -0.4 is 10.1 Å². The molecule has 0 aliphatic carbocycles. The first-order chi connectivity index (χ1) is 12.7. The van der Waals surface area contributed by atoms with Gasteiger partial charge in [-0.3, -0.25) is 4.79 Å². The van der Waals surface area contributed by atoms with E-state index in [0.29, 0.717) is 5.75 Å². The van der Waals surface area contributed by atoms with Gasteiger partial charge in [0, 0.05) is 5.02 Å². The molecule has 0 bridgehead atoms. The van der Waals surface area contributed by atoms with Crippen LogP contribution in [-0.4, -0.2) is 25.1 Å². The van der Waals surface area contributed by atoms with Crippen molar-refractivity contribution in [2.45, 2.75) is 26.2 Å². The lowest BCUT2D eigenvalue weighted by Crippen LogP contribution is -2.24. The molecule has 0 fully saturated rings. The summed E-state index contributed by atoms with van der Waals surface area (Å²) in [7, 11) is 0. The van der Waals surface area contributed by atoms with Gasteiger partial charge in [0.1, 0.15) is 11.6 Å². The largest absolute Gasteiger partial charge is 0.482 e. The Morgan fingerprint density at radius 1 is 1.11 bits per heavy atom. The van der Waals surface area contributed by atoms with Gasteiger partial charge >= 0.3 is 5.97 Å². The van der Waals surface area contributed by atoms with Crippen molar-refractivity contribution in [3.63, 3.8) is 0 Å². The number of rotatable bonds is 6. The van der Waals surface area contributed by atoms with E-state index in [1.165, 1.54) is 12.1 Å². The SMILES string of the molecule is CC(C)(C)c1ccccc1OCC(=O)OCC(=O)Nc1cc(Cl)ccc1F. The Hall–Kier alpha value is -2.60. The van der Waals surface area contributed by atoms with Crippen molar-refractivity contribution in [1.82, 2.24) is 0 Å². The summed E-state index contributed by atoms with van der Waals surface area (Å²) in [5.41, 5.74) is 0.715. The monoisotopic (exact) mass is 393 g/mol. The molecular weight excluding hydrogens is 373 g/mol. The van der Waals surface area contributed by atoms with Crippen LogP contribution in [0.4, 0.5) is 10.1 Å². The molecule has 27 heavy (non-hydrogen) atoms. The van der Waals surface area contributed by atoms with Gasteiger partial charge in [-0.25, -0.2) is 9.18 Å². The second-order valence-electron chi connectivity index (χ2n) is 6.87. The van der Waals surface area contributed by atoms with Crippen molar-refractivity contribution in [2.75, 3.05) is 18.5 Å². The summed E-state index contributed by atoms with van der Waals surface area (Å²) in [6, 6.07) is 11.1. The zero-order chi connectivity index (χ0) is 20.0. The van der Waals surface area contributed by atoms with E-state index < -0.39 is 24.3 Å². The maximum Gasteiger partial charge on any atom is 0.344 e. The van der Waals surface area contributed by atoms with Crippen molar-refractivity contribution < 1.29 is 23.5 Å². The summed E-state index contributed by atoms with van der Waals surface area (Å²) in [5.74, 6) is -1.45. The maximum atomic E-state index is 13.6. The second-order valence-corrected chi connectivity index (χ2v) is 7.30. The summed E-state index contributed by atoms with van der Waals surface area (Å²) >= 11 is 5.75. The Morgan fingerprint density at radius 2 is 1.81 bits per heavy atom. The van der Waals surface area contributed by atoms with Crippen LogP contribution in [0, 0.1) is 5.82 Å². The van der Waals surface area contributed by atoms with E-state index in [9.17, 15) is 14.0 Å². The van der Waals surface area contributed by atoms with Crippen LogP contribution in [0.15, 0.2) is 42.5 Å². The number of ether oxygens (including phenoxy) is 2. The molecule has 2 rings (SSSR count). The van der Waals surface area contributed by atoms with Gasteiger partial charge in [0.2, 0.25) is 0 Å². The van der Waals surface area contributed by atoms with Gasteiger partial charge in [-0.2, -0.15) is 0 Å². The fourth-order valence-corrected chi connectivity index (χ4v) is 2.49. The normalized spacial score (nSPS) is 11.0. The highest BCUT2D eigenvalue weighted by Crippen LogP contribution is 2.30. The van der Waals surface area contributed by atoms with Crippen molar-refractivity contribution in [3.8, 4) is 5.75 Å². The standard InChI is InChI=1S/C20H21ClFNO4/c1-20(2,3)14-6-4-5-7-17(14)26-12-19(25)27-11-18(24)23-16-10-13(21)8-9-15(16)22/h4-10H,11-12H2,1-3H3,(H,23,24). The Kier molecular flexibility index (Phi) is 6.80. The first kappa shape index (κ1) is 20.7. The third kappa shape index (κ3) is 6.25. The van der Waals surface area contributed by atoms with E-state index >= 15 is 0 Å². The molecule has 0 unspecified atom stereocenters. The van der Waals surface area contributed by atoms with E-state index in [1.807, 2.05) is 39.0 Å². The number of hydrogen-bond acceptors (Lipinski definition) is 4. The second kappa shape index (κ2) is 8.86. The number of esters is 1. The average molecular weight is 394 g/mol. The third-order valence-electron chi connectivity index (χ3n) is 3.61. The van der Waals surface area contributed by atoms with Gasteiger partial charge < -0.3 is 14.8 Å². The predicted molar refractivity (Wildman–Crippen MR) is 102 cm³/mol. The van der Waals surface area contributed by atoms with Crippen molar-refractivity contribution in [3.05, 3.63) is 58.9 Å². The number of halogens is 2. The molecule has 0 atom stereocenters. The average Bonchev–Trinajstić information content (AvgIpc) is 2.61. The highest BCUT2D eigenvalue weighted by Gasteiger charge is 2.19. The number of nitrogens with one attached hydrogen (secondary N) is 1. The lowest BCUT2D eigenvalue weighted by atomic mass is 9.86. The topological polar surface area (TPSA) is 64.6 Å². The van der Waals surface area contributed by atoms with Gasteiger partial charge in [0.25, 0.3) is 5.91 Å². The van der Waals surface area contributed by atoms with Crippen molar-refractivity contribution in [2.24, 2.45) is 0 Å². The highest BCUT2D eigenvalue weighted by molar-refractivity contribution is 6.30. The van der Waals surface area contributed by atoms with Crippen LogP contribution in [-0.2, 0) is 19.7 Å². The number of hydrogen-bond donors (Lipinski definition) is 1. The molecule has 0 spiro atoms. The predicted octanol–water partition coefficient (Wildman–Crippen LogP) is 4.34.